The Hall–Kier alpha value is -2.04. The third kappa shape index (κ3) is 6.78. The molecule has 5 heteroatoms. The van der Waals surface area contributed by atoms with Gasteiger partial charge in [0.15, 0.2) is 0 Å². The second-order valence-electron chi connectivity index (χ2n) is 5.88. The molecule has 0 aliphatic heterocycles. The predicted octanol–water partition coefficient (Wildman–Crippen LogP) is 2.25. The number of nitrogens with one attached hydrogen (secondary N) is 2. The van der Waals surface area contributed by atoms with Crippen LogP contribution in [0.15, 0.2) is 24.3 Å². The summed E-state index contributed by atoms with van der Waals surface area (Å²) in [4.78, 5) is 23.0. The smallest absolute Gasteiger partial charge is 0.330 e. The molecular formula is C15H22N2O3. The number of amides is 2. The maximum atomic E-state index is 11.5. The fourth-order valence-corrected chi connectivity index (χ4v) is 1.33. The van der Waals surface area contributed by atoms with Crippen LogP contribution in [0.25, 0.3) is 0 Å². The maximum absolute atomic E-state index is 11.5. The first-order valence-corrected chi connectivity index (χ1v) is 6.55. The first kappa shape index (κ1) is 16.0. The van der Waals surface area contributed by atoms with Crippen molar-refractivity contribution < 1.29 is 14.3 Å². The van der Waals surface area contributed by atoms with Gasteiger partial charge in [-0.25, -0.2) is 9.59 Å². The van der Waals surface area contributed by atoms with Gasteiger partial charge in [-0.2, -0.15) is 0 Å². The molecule has 0 aliphatic rings. The molecular weight excluding hydrogens is 256 g/mol. The van der Waals surface area contributed by atoms with Crippen molar-refractivity contribution in [2.45, 2.75) is 27.7 Å². The second kappa shape index (κ2) is 6.93. The van der Waals surface area contributed by atoms with E-state index in [4.69, 9.17) is 4.74 Å². The van der Waals surface area contributed by atoms with Gasteiger partial charge in [0.05, 0.1) is 0 Å². The van der Waals surface area contributed by atoms with Crippen LogP contribution < -0.4 is 15.4 Å². The highest BCUT2D eigenvalue weighted by Gasteiger charge is 2.12. The molecule has 5 nitrogen and oxygen atoms in total. The van der Waals surface area contributed by atoms with Crippen molar-refractivity contribution in [2.24, 2.45) is 5.41 Å². The number of ether oxygens (including phenoxy) is 1. The van der Waals surface area contributed by atoms with E-state index in [1.165, 1.54) is 0 Å². The van der Waals surface area contributed by atoms with Gasteiger partial charge in [0.1, 0.15) is 12.3 Å². The molecule has 0 aromatic heterocycles. The minimum atomic E-state index is -0.500. The number of hydrogen-bond donors (Lipinski definition) is 2. The van der Waals surface area contributed by atoms with E-state index in [2.05, 4.69) is 10.6 Å². The van der Waals surface area contributed by atoms with Gasteiger partial charge in [-0.3, -0.25) is 0 Å². The van der Waals surface area contributed by atoms with Crippen LogP contribution in [0.3, 0.4) is 0 Å². The van der Waals surface area contributed by atoms with Gasteiger partial charge in [-0.1, -0.05) is 38.5 Å². The summed E-state index contributed by atoms with van der Waals surface area (Å²) in [5, 5.41) is 5.15. The van der Waals surface area contributed by atoms with E-state index in [1.54, 1.807) is 12.1 Å². The molecule has 0 heterocycles. The van der Waals surface area contributed by atoms with E-state index in [1.807, 2.05) is 39.8 Å². The first-order valence-electron chi connectivity index (χ1n) is 6.55. The Morgan fingerprint density at radius 3 is 2.25 bits per heavy atom. The van der Waals surface area contributed by atoms with Crippen molar-refractivity contribution in [3.8, 4) is 5.75 Å². The number of carbonyl (C=O) groups is 2. The van der Waals surface area contributed by atoms with E-state index in [0.717, 1.165) is 5.56 Å². The summed E-state index contributed by atoms with van der Waals surface area (Å²) in [5.74, 6) is -0.0303. The molecule has 0 spiro atoms. The molecule has 1 aromatic carbocycles. The highest BCUT2D eigenvalue weighted by molar-refractivity contribution is 5.81. The van der Waals surface area contributed by atoms with Gasteiger partial charge in [0.2, 0.25) is 0 Å². The molecule has 0 saturated heterocycles. The normalized spacial score (nSPS) is 10.8. The number of hydrogen-bond acceptors (Lipinski definition) is 3. The molecule has 1 rings (SSSR count). The standard InChI is InChI=1S/C15H22N2O3/c1-11-5-7-12(8-6-11)20-13(18)9-16-14(19)17-10-15(2,3)4/h5-8H,9-10H2,1-4H3,(H2,16,17,19). The highest BCUT2D eigenvalue weighted by atomic mass is 16.5. The van der Waals surface area contributed by atoms with Gasteiger partial charge in [-0.15, -0.1) is 0 Å². The third-order valence-corrected chi connectivity index (χ3v) is 2.43. The van der Waals surface area contributed by atoms with Crippen molar-refractivity contribution in [2.75, 3.05) is 13.1 Å². The number of esters is 1. The summed E-state index contributed by atoms with van der Waals surface area (Å²) < 4.78 is 5.08. The maximum Gasteiger partial charge on any atom is 0.330 e. The van der Waals surface area contributed by atoms with Crippen molar-refractivity contribution >= 4 is 12.0 Å². The van der Waals surface area contributed by atoms with Gasteiger partial charge in [0.25, 0.3) is 0 Å². The van der Waals surface area contributed by atoms with Gasteiger partial charge in [0, 0.05) is 6.54 Å². The van der Waals surface area contributed by atoms with Crippen LogP contribution in [0.1, 0.15) is 26.3 Å². The first-order chi connectivity index (χ1) is 9.26. The molecule has 1 aromatic rings. The molecule has 0 saturated carbocycles. The van der Waals surface area contributed by atoms with E-state index in [-0.39, 0.29) is 18.0 Å². The summed E-state index contributed by atoms with van der Waals surface area (Å²) in [5.41, 5.74) is 1.09. The molecule has 0 atom stereocenters. The predicted molar refractivity (Wildman–Crippen MR) is 77.7 cm³/mol. The van der Waals surface area contributed by atoms with Crippen LogP contribution in [0.5, 0.6) is 5.75 Å². The van der Waals surface area contributed by atoms with E-state index in [9.17, 15) is 9.59 Å². The number of aryl methyl sites for hydroxylation is 1. The van der Waals surface area contributed by atoms with Crippen LogP contribution in [-0.2, 0) is 4.79 Å². The lowest BCUT2D eigenvalue weighted by Gasteiger charge is -2.18. The molecule has 20 heavy (non-hydrogen) atoms. The Kier molecular flexibility index (Phi) is 5.55. The molecule has 0 fully saturated rings. The molecule has 110 valence electrons. The second-order valence-corrected chi connectivity index (χ2v) is 5.88. The molecule has 0 radical (unpaired) electrons. The van der Waals surface area contributed by atoms with Crippen LogP contribution in [0.2, 0.25) is 0 Å². The zero-order valence-corrected chi connectivity index (χ0v) is 12.4. The van der Waals surface area contributed by atoms with E-state index in [0.29, 0.717) is 12.3 Å². The lowest BCUT2D eigenvalue weighted by Crippen LogP contribution is -2.42. The molecule has 0 unspecified atom stereocenters. The van der Waals surface area contributed by atoms with Crippen molar-refractivity contribution in [3.05, 3.63) is 29.8 Å². The quantitative estimate of drug-likeness (QED) is 0.655. The highest BCUT2D eigenvalue weighted by Crippen LogP contribution is 2.11. The topological polar surface area (TPSA) is 67.4 Å². The summed E-state index contributed by atoms with van der Waals surface area (Å²) in [7, 11) is 0. The lowest BCUT2D eigenvalue weighted by atomic mass is 9.97. The number of urea groups is 1. The van der Waals surface area contributed by atoms with Crippen LogP contribution in [-0.4, -0.2) is 25.1 Å². The Labute approximate surface area is 119 Å². The van der Waals surface area contributed by atoms with Gasteiger partial charge in [-0.05, 0) is 24.5 Å². The molecule has 2 N–H and O–H groups in total. The minimum Gasteiger partial charge on any atom is -0.425 e. The SMILES string of the molecule is Cc1ccc(OC(=O)CNC(=O)NCC(C)(C)C)cc1. The van der Waals surface area contributed by atoms with Gasteiger partial charge >= 0.3 is 12.0 Å². The summed E-state index contributed by atoms with van der Waals surface area (Å²) in [6.07, 6.45) is 0. The molecule has 2 amide bonds. The van der Waals surface area contributed by atoms with Crippen molar-refractivity contribution in [1.29, 1.82) is 0 Å². The van der Waals surface area contributed by atoms with Crippen molar-refractivity contribution in [1.82, 2.24) is 10.6 Å². The lowest BCUT2D eigenvalue weighted by molar-refractivity contribution is -0.133. The third-order valence-electron chi connectivity index (χ3n) is 2.43. The van der Waals surface area contributed by atoms with E-state index < -0.39 is 5.97 Å². The van der Waals surface area contributed by atoms with Crippen molar-refractivity contribution in [3.63, 3.8) is 0 Å². The van der Waals surface area contributed by atoms with Gasteiger partial charge < -0.3 is 15.4 Å². The Morgan fingerprint density at radius 1 is 1.10 bits per heavy atom. The van der Waals surface area contributed by atoms with Crippen LogP contribution in [0.4, 0.5) is 4.79 Å². The Morgan fingerprint density at radius 2 is 1.70 bits per heavy atom. The number of rotatable bonds is 4. The average Bonchev–Trinajstić information content (AvgIpc) is 2.36. The summed E-state index contributed by atoms with van der Waals surface area (Å²) in [6.45, 7) is 8.36. The number of carbonyl (C=O) groups excluding carboxylic acids is 2. The van der Waals surface area contributed by atoms with E-state index >= 15 is 0 Å². The fraction of sp³-hybridized carbons (Fsp3) is 0.467. The molecule has 0 bridgehead atoms. The van der Waals surface area contributed by atoms with Crippen LogP contribution >= 0.6 is 0 Å². The summed E-state index contributed by atoms with van der Waals surface area (Å²) in [6, 6.07) is 6.76. The zero-order chi connectivity index (χ0) is 15.2. The molecule has 0 aliphatic carbocycles. The number of benzene rings is 1. The minimum absolute atomic E-state index is 0.000251. The average molecular weight is 278 g/mol. The van der Waals surface area contributed by atoms with Crippen LogP contribution in [0, 0.1) is 12.3 Å². The Balaban J connectivity index is 2.29. The largest absolute Gasteiger partial charge is 0.425 e. The summed E-state index contributed by atoms with van der Waals surface area (Å²) >= 11 is 0. The Bertz CT molecular complexity index is 461. The zero-order valence-electron chi connectivity index (χ0n) is 12.4. The monoisotopic (exact) mass is 278 g/mol. The fourth-order valence-electron chi connectivity index (χ4n) is 1.33.